The zero-order chi connectivity index (χ0) is 11.7. The lowest BCUT2D eigenvalue weighted by Gasteiger charge is -2.00. The van der Waals surface area contributed by atoms with E-state index in [0.29, 0.717) is 11.4 Å². The number of hydrogen-bond donors (Lipinski definition) is 2. The van der Waals surface area contributed by atoms with Gasteiger partial charge in [0, 0.05) is 5.56 Å². The molecule has 2 aromatic rings. The first kappa shape index (κ1) is 10.8. The molecule has 0 aliphatic carbocycles. The number of imidazole rings is 1. The lowest BCUT2D eigenvalue weighted by atomic mass is 10.1. The number of rotatable bonds is 2. The van der Waals surface area contributed by atoms with Crippen molar-refractivity contribution in [2.75, 3.05) is 0 Å². The van der Waals surface area contributed by atoms with E-state index >= 15 is 0 Å². The van der Waals surface area contributed by atoms with Crippen molar-refractivity contribution in [3.05, 3.63) is 41.6 Å². The van der Waals surface area contributed by atoms with E-state index < -0.39 is 0 Å². The van der Waals surface area contributed by atoms with E-state index in [1.165, 1.54) is 12.1 Å². The van der Waals surface area contributed by atoms with Gasteiger partial charge in [-0.25, -0.2) is 9.37 Å². The molecule has 0 amide bonds. The molecule has 0 saturated heterocycles. The van der Waals surface area contributed by atoms with Crippen molar-refractivity contribution in [1.82, 2.24) is 9.97 Å². The van der Waals surface area contributed by atoms with Gasteiger partial charge < -0.3 is 10.7 Å². The number of aryl methyl sites for hydroxylation is 1. The summed E-state index contributed by atoms with van der Waals surface area (Å²) in [6.45, 7) is 1.81. The van der Waals surface area contributed by atoms with Crippen molar-refractivity contribution >= 4 is 17.2 Å². The monoisotopic (exact) mass is 235 g/mol. The van der Waals surface area contributed by atoms with Crippen LogP contribution in [0.3, 0.4) is 0 Å². The summed E-state index contributed by atoms with van der Waals surface area (Å²) in [5.41, 5.74) is 7.63. The van der Waals surface area contributed by atoms with E-state index in [4.69, 9.17) is 18.0 Å². The van der Waals surface area contributed by atoms with Crippen molar-refractivity contribution in [3.8, 4) is 11.3 Å². The van der Waals surface area contributed by atoms with Crippen LogP contribution in [0.15, 0.2) is 24.3 Å². The predicted molar refractivity (Wildman–Crippen MR) is 64.6 cm³/mol. The molecule has 0 radical (unpaired) electrons. The molecule has 0 aliphatic heterocycles. The van der Waals surface area contributed by atoms with Gasteiger partial charge >= 0.3 is 0 Å². The van der Waals surface area contributed by atoms with Crippen LogP contribution in [0.25, 0.3) is 11.3 Å². The highest BCUT2D eigenvalue weighted by Crippen LogP contribution is 2.21. The molecule has 5 heteroatoms. The summed E-state index contributed by atoms with van der Waals surface area (Å²) >= 11 is 4.92. The van der Waals surface area contributed by atoms with Gasteiger partial charge in [-0.3, -0.25) is 0 Å². The van der Waals surface area contributed by atoms with Crippen LogP contribution in [0.2, 0.25) is 0 Å². The van der Waals surface area contributed by atoms with Crippen LogP contribution in [0.5, 0.6) is 0 Å². The highest BCUT2D eigenvalue weighted by Gasteiger charge is 2.12. The Bertz CT molecular complexity index is 531. The van der Waals surface area contributed by atoms with Gasteiger partial charge in [-0.05, 0) is 31.2 Å². The van der Waals surface area contributed by atoms with Crippen LogP contribution in [0.4, 0.5) is 4.39 Å². The maximum Gasteiger partial charge on any atom is 0.123 e. The fraction of sp³-hybridized carbons (Fsp3) is 0.0909. The Labute approximate surface area is 97.5 Å². The number of nitrogens with two attached hydrogens (primary N) is 1. The molecular formula is C11H10FN3S. The largest absolute Gasteiger partial charge is 0.388 e. The lowest BCUT2D eigenvalue weighted by molar-refractivity contribution is 0.628. The lowest BCUT2D eigenvalue weighted by Crippen LogP contribution is -2.11. The number of hydrogen-bond acceptors (Lipinski definition) is 2. The van der Waals surface area contributed by atoms with Gasteiger partial charge in [0.15, 0.2) is 0 Å². The number of aromatic amines is 1. The predicted octanol–water partition coefficient (Wildman–Crippen LogP) is 2.16. The minimum atomic E-state index is -0.284. The second-order valence-corrected chi connectivity index (χ2v) is 3.86. The fourth-order valence-corrected chi connectivity index (χ4v) is 1.63. The average Bonchev–Trinajstić information content (AvgIpc) is 2.61. The normalized spacial score (nSPS) is 10.4. The summed E-state index contributed by atoms with van der Waals surface area (Å²) in [5, 5.41) is 0. The third-order valence-corrected chi connectivity index (χ3v) is 2.39. The highest BCUT2D eigenvalue weighted by molar-refractivity contribution is 7.80. The Morgan fingerprint density at radius 2 is 2.00 bits per heavy atom. The van der Waals surface area contributed by atoms with Crippen LogP contribution < -0.4 is 5.73 Å². The molecule has 16 heavy (non-hydrogen) atoms. The zero-order valence-electron chi connectivity index (χ0n) is 8.62. The summed E-state index contributed by atoms with van der Waals surface area (Å²) in [6, 6.07) is 6.05. The summed E-state index contributed by atoms with van der Waals surface area (Å²) in [4.78, 5) is 7.52. The number of thiocarbonyl (C=S) groups is 1. The number of nitrogens with zero attached hydrogens (tertiary/aromatic N) is 1. The van der Waals surface area contributed by atoms with Crippen molar-refractivity contribution in [2.24, 2.45) is 5.73 Å². The molecule has 2 rings (SSSR count). The molecule has 1 aromatic carbocycles. The van der Waals surface area contributed by atoms with E-state index in [0.717, 1.165) is 11.4 Å². The van der Waals surface area contributed by atoms with Gasteiger partial charge in [0.05, 0.1) is 5.69 Å². The summed E-state index contributed by atoms with van der Waals surface area (Å²) < 4.78 is 12.8. The zero-order valence-corrected chi connectivity index (χ0v) is 9.44. The summed E-state index contributed by atoms with van der Waals surface area (Å²) in [5.74, 6) is 0.440. The first-order valence-corrected chi connectivity index (χ1v) is 5.11. The first-order chi connectivity index (χ1) is 7.58. The SMILES string of the molecule is Cc1nc(-c2ccc(F)cc2)c(C(N)=S)[nH]1. The summed E-state index contributed by atoms with van der Waals surface area (Å²) in [7, 11) is 0. The molecule has 1 heterocycles. The van der Waals surface area contributed by atoms with E-state index in [2.05, 4.69) is 9.97 Å². The third kappa shape index (κ3) is 1.94. The molecule has 0 fully saturated rings. The van der Waals surface area contributed by atoms with Crippen LogP contribution in [0, 0.1) is 12.7 Å². The molecule has 1 aromatic heterocycles. The molecular weight excluding hydrogens is 225 g/mol. The molecule has 3 nitrogen and oxygen atoms in total. The Hall–Kier alpha value is -1.75. The van der Waals surface area contributed by atoms with Gasteiger partial charge in [-0.2, -0.15) is 0 Å². The highest BCUT2D eigenvalue weighted by atomic mass is 32.1. The van der Waals surface area contributed by atoms with Crippen LogP contribution in [0.1, 0.15) is 11.5 Å². The molecule has 0 atom stereocenters. The maximum absolute atomic E-state index is 12.8. The molecule has 0 bridgehead atoms. The van der Waals surface area contributed by atoms with Crippen LogP contribution in [-0.2, 0) is 0 Å². The van der Waals surface area contributed by atoms with E-state index in [1.807, 2.05) is 6.92 Å². The molecule has 0 spiro atoms. The quantitative estimate of drug-likeness (QED) is 0.784. The van der Waals surface area contributed by atoms with E-state index in [-0.39, 0.29) is 10.8 Å². The van der Waals surface area contributed by atoms with Gasteiger partial charge in [0.25, 0.3) is 0 Å². The van der Waals surface area contributed by atoms with Gasteiger partial charge in [0.2, 0.25) is 0 Å². The average molecular weight is 235 g/mol. The minimum Gasteiger partial charge on any atom is -0.388 e. The Kier molecular flexibility index (Phi) is 2.70. The van der Waals surface area contributed by atoms with Crippen molar-refractivity contribution in [1.29, 1.82) is 0 Å². The standard InChI is InChI=1S/C11H10FN3S/c1-6-14-9(10(15-6)11(13)16)7-2-4-8(12)5-3-7/h2-5H,1H3,(H2,13,16)(H,14,15). The van der Waals surface area contributed by atoms with Crippen LogP contribution >= 0.6 is 12.2 Å². The Morgan fingerprint density at radius 3 is 2.56 bits per heavy atom. The summed E-state index contributed by atoms with van der Waals surface area (Å²) in [6.07, 6.45) is 0. The van der Waals surface area contributed by atoms with Gasteiger partial charge in [-0.15, -0.1) is 0 Å². The van der Waals surface area contributed by atoms with Gasteiger partial charge in [-0.1, -0.05) is 12.2 Å². The topological polar surface area (TPSA) is 54.7 Å². The molecule has 0 saturated carbocycles. The minimum absolute atomic E-state index is 0.250. The van der Waals surface area contributed by atoms with Crippen molar-refractivity contribution < 1.29 is 4.39 Å². The first-order valence-electron chi connectivity index (χ1n) is 4.70. The molecule has 0 aliphatic rings. The number of nitrogens with one attached hydrogen (secondary N) is 1. The van der Waals surface area contributed by atoms with E-state index in [9.17, 15) is 4.39 Å². The second-order valence-electron chi connectivity index (χ2n) is 3.42. The van der Waals surface area contributed by atoms with Crippen molar-refractivity contribution in [2.45, 2.75) is 6.92 Å². The molecule has 3 N–H and O–H groups in total. The smallest absolute Gasteiger partial charge is 0.123 e. The maximum atomic E-state index is 12.8. The van der Waals surface area contributed by atoms with Crippen LogP contribution in [-0.4, -0.2) is 15.0 Å². The second kappa shape index (κ2) is 4.02. The Balaban J connectivity index is 2.55. The number of H-pyrrole nitrogens is 1. The Morgan fingerprint density at radius 1 is 1.38 bits per heavy atom. The van der Waals surface area contributed by atoms with Gasteiger partial charge in [0.1, 0.15) is 22.3 Å². The third-order valence-electron chi connectivity index (χ3n) is 2.19. The molecule has 0 unspecified atom stereocenters. The number of benzene rings is 1. The number of aromatic nitrogens is 2. The fourth-order valence-electron chi connectivity index (χ4n) is 1.49. The molecule has 82 valence electrons. The van der Waals surface area contributed by atoms with E-state index in [1.54, 1.807) is 12.1 Å². The van der Waals surface area contributed by atoms with Crippen molar-refractivity contribution in [3.63, 3.8) is 0 Å². The number of halogens is 1.